The Labute approximate surface area is 126 Å². The summed E-state index contributed by atoms with van der Waals surface area (Å²) < 4.78 is 0. The van der Waals surface area contributed by atoms with E-state index in [0.29, 0.717) is 11.9 Å². The van der Waals surface area contributed by atoms with Crippen molar-refractivity contribution in [2.75, 3.05) is 6.54 Å². The third-order valence-electron chi connectivity index (χ3n) is 5.60. The Morgan fingerprint density at radius 3 is 2.81 bits per heavy atom. The molecule has 3 atom stereocenters. The Morgan fingerprint density at radius 1 is 1.14 bits per heavy atom. The Balaban J connectivity index is 1.44. The lowest BCUT2D eigenvalue weighted by Gasteiger charge is -2.31. The highest BCUT2D eigenvalue weighted by Crippen LogP contribution is 2.34. The Kier molecular flexibility index (Phi) is 3.46. The first-order valence-electron chi connectivity index (χ1n) is 8.43. The lowest BCUT2D eigenvalue weighted by atomic mass is 9.85. The minimum absolute atomic E-state index is 0.0726. The molecular weight excluding hydrogens is 260 g/mol. The van der Waals surface area contributed by atoms with E-state index in [9.17, 15) is 4.79 Å². The summed E-state index contributed by atoms with van der Waals surface area (Å²) in [5.74, 6) is 1.07. The molecule has 0 aromatic heterocycles. The van der Waals surface area contributed by atoms with Gasteiger partial charge in [0.2, 0.25) is 5.91 Å². The third kappa shape index (κ3) is 2.48. The number of benzene rings is 1. The van der Waals surface area contributed by atoms with Gasteiger partial charge in [-0.3, -0.25) is 4.79 Å². The van der Waals surface area contributed by atoms with E-state index in [-0.39, 0.29) is 6.04 Å². The zero-order valence-electron chi connectivity index (χ0n) is 12.6. The molecule has 3 heteroatoms. The molecular formula is C18H24N2O. The predicted octanol–water partition coefficient (Wildman–Crippen LogP) is 2.49. The number of fused-ring (bicyclic) bond motifs is 2. The van der Waals surface area contributed by atoms with Gasteiger partial charge in [0.15, 0.2) is 0 Å². The summed E-state index contributed by atoms with van der Waals surface area (Å²) in [6.45, 7) is 1.67. The molecule has 2 fully saturated rings. The number of carbonyl (C=O) groups is 1. The lowest BCUT2D eigenvalue weighted by Crippen LogP contribution is -2.47. The minimum atomic E-state index is 0.0726. The van der Waals surface area contributed by atoms with Crippen LogP contribution in [-0.2, 0) is 17.8 Å². The predicted molar refractivity (Wildman–Crippen MR) is 82.8 cm³/mol. The highest BCUT2D eigenvalue weighted by molar-refractivity contribution is 5.82. The monoisotopic (exact) mass is 284 g/mol. The van der Waals surface area contributed by atoms with Crippen molar-refractivity contribution < 1.29 is 4.79 Å². The quantitative estimate of drug-likeness (QED) is 0.859. The summed E-state index contributed by atoms with van der Waals surface area (Å²) in [5, 5.41) is 3.62. The van der Waals surface area contributed by atoms with Gasteiger partial charge in [0, 0.05) is 19.1 Å². The van der Waals surface area contributed by atoms with Gasteiger partial charge < -0.3 is 10.2 Å². The van der Waals surface area contributed by atoms with E-state index < -0.39 is 0 Å². The van der Waals surface area contributed by atoms with Crippen LogP contribution < -0.4 is 5.32 Å². The molecule has 2 heterocycles. The molecule has 1 aromatic carbocycles. The second-order valence-corrected chi connectivity index (χ2v) is 6.88. The summed E-state index contributed by atoms with van der Waals surface area (Å²) in [4.78, 5) is 14.9. The van der Waals surface area contributed by atoms with Crippen LogP contribution in [-0.4, -0.2) is 29.4 Å². The summed E-state index contributed by atoms with van der Waals surface area (Å²) in [5.41, 5.74) is 2.74. The first kappa shape index (κ1) is 13.3. The SMILES string of the molecule is O=C(C1CC2CCCCC2N1)N1CCc2ccccc2C1. The van der Waals surface area contributed by atoms with Crippen LogP contribution in [0.5, 0.6) is 0 Å². The lowest BCUT2D eigenvalue weighted by molar-refractivity contribution is -0.134. The zero-order chi connectivity index (χ0) is 14.2. The van der Waals surface area contributed by atoms with E-state index >= 15 is 0 Å². The third-order valence-corrected chi connectivity index (χ3v) is 5.60. The number of nitrogens with zero attached hydrogens (tertiary/aromatic N) is 1. The zero-order valence-corrected chi connectivity index (χ0v) is 12.6. The fraction of sp³-hybridized carbons (Fsp3) is 0.611. The van der Waals surface area contributed by atoms with Crippen molar-refractivity contribution in [3.05, 3.63) is 35.4 Å². The number of hydrogen-bond donors (Lipinski definition) is 1. The number of carbonyl (C=O) groups excluding carboxylic acids is 1. The van der Waals surface area contributed by atoms with E-state index in [2.05, 4.69) is 34.5 Å². The van der Waals surface area contributed by atoms with Gasteiger partial charge in [0.1, 0.15) is 0 Å². The maximum atomic E-state index is 12.8. The highest BCUT2D eigenvalue weighted by Gasteiger charge is 2.40. The highest BCUT2D eigenvalue weighted by atomic mass is 16.2. The van der Waals surface area contributed by atoms with E-state index in [0.717, 1.165) is 31.8 Å². The molecule has 1 N–H and O–H groups in total. The van der Waals surface area contributed by atoms with E-state index in [4.69, 9.17) is 0 Å². The van der Waals surface area contributed by atoms with Crippen molar-refractivity contribution in [2.45, 2.75) is 57.2 Å². The van der Waals surface area contributed by atoms with Crippen molar-refractivity contribution in [2.24, 2.45) is 5.92 Å². The van der Waals surface area contributed by atoms with Crippen LogP contribution in [0.1, 0.15) is 43.2 Å². The molecule has 3 aliphatic rings. The van der Waals surface area contributed by atoms with Crippen LogP contribution in [0.2, 0.25) is 0 Å². The van der Waals surface area contributed by atoms with Crippen LogP contribution in [0, 0.1) is 5.92 Å². The first-order valence-corrected chi connectivity index (χ1v) is 8.43. The minimum Gasteiger partial charge on any atom is -0.337 e. The standard InChI is InChI=1S/C18H24N2O/c21-18(17-11-14-6-3-4-8-16(14)19-17)20-10-9-13-5-1-2-7-15(13)12-20/h1-2,5,7,14,16-17,19H,3-4,6,8-12H2. The average molecular weight is 284 g/mol. The summed E-state index contributed by atoms with van der Waals surface area (Å²) in [7, 11) is 0. The normalized spacial score (nSPS) is 31.6. The van der Waals surface area contributed by atoms with Crippen molar-refractivity contribution in [3.63, 3.8) is 0 Å². The average Bonchev–Trinajstić information content (AvgIpc) is 2.97. The van der Waals surface area contributed by atoms with Crippen molar-refractivity contribution >= 4 is 5.91 Å². The van der Waals surface area contributed by atoms with Crippen molar-refractivity contribution in [1.82, 2.24) is 10.2 Å². The Bertz CT molecular complexity index is 528. The largest absolute Gasteiger partial charge is 0.337 e. The molecule has 3 unspecified atom stereocenters. The summed E-state index contributed by atoms with van der Waals surface area (Å²) in [6, 6.07) is 9.21. The summed E-state index contributed by atoms with van der Waals surface area (Å²) >= 11 is 0. The number of rotatable bonds is 1. The number of amides is 1. The van der Waals surface area contributed by atoms with Crippen LogP contribution in [0.15, 0.2) is 24.3 Å². The van der Waals surface area contributed by atoms with Gasteiger partial charge in [-0.15, -0.1) is 0 Å². The molecule has 2 aliphatic heterocycles. The van der Waals surface area contributed by atoms with Crippen LogP contribution in [0.4, 0.5) is 0 Å². The number of nitrogens with one attached hydrogen (secondary N) is 1. The molecule has 1 saturated carbocycles. The van der Waals surface area contributed by atoms with E-state index in [1.54, 1.807) is 0 Å². The van der Waals surface area contributed by atoms with Gasteiger partial charge >= 0.3 is 0 Å². The molecule has 21 heavy (non-hydrogen) atoms. The first-order chi connectivity index (χ1) is 10.3. The molecule has 1 saturated heterocycles. The van der Waals surface area contributed by atoms with Crippen molar-refractivity contribution in [1.29, 1.82) is 0 Å². The maximum Gasteiger partial charge on any atom is 0.240 e. The van der Waals surface area contributed by atoms with Gasteiger partial charge in [0.05, 0.1) is 6.04 Å². The fourth-order valence-corrected chi connectivity index (χ4v) is 4.41. The molecule has 0 spiro atoms. The molecule has 0 bridgehead atoms. The molecule has 0 radical (unpaired) electrons. The van der Waals surface area contributed by atoms with E-state index in [1.165, 1.54) is 36.8 Å². The van der Waals surface area contributed by atoms with Gasteiger partial charge in [0.25, 0.3) is 0 Å². The smallest absolute Gasteiger partial charge is 0.240 e. The van der Waals surface area contributed by atoms with Crippen LogP contribution >= 0.6 is 0 Å². The maximum absolute atomic E-state index is 12.8. The van der Waals surface area contributed by atoms with Crippen LogP contribution in [0.25, 0.3) is 0 Å². The fourth-order valence-electron chi connectivity index (χ4n) is 4.41. The van der Waals surface area contributed by atoms with Crippen LogP contribution in [0.3, 0.4) is 0 Å². The summed E-state index contributed by atoms with van der Waals surface area (Å²) in [6.07, 6.45) is 7.30. The van der Waals surface area contributed by atoms with Gasteiger partial charge in [-0.25, -0.2) is 0 Å². The Morgan fingerprint density at radius 2 is 1.95 bits per heavy atom. The molecule has 1 aliphatic carbocycles. The molecule has 1 amide bonds. The van der Waals surface area contributed by atoms with Crippen molar-refractivity contribution in [3.8, 4) is 0 Å². The molecule has 3 nitrogen and oxygen atoms in total. The topological polar surface area (TPSA) is 32.3 Å². The second kappa shape index (κ2) is 5.45. The second-order valence-electron chi connectivity index (χ2n) is 6.88. The molecule has 112 valence electrons. The number of hydrogen-bond acceptors (Lipinski definition) is 2. The van der Waals surface area contributed by atoms with Gasteiger partial charge in [-0.1, -0.05) is 37.1 Å². The molecule has 4 rings (SSSR count). The molecule has 1 aromatic rings. The Hall–Kier alpha value is -1.35. The van der Waals surface area contributed by atoms with Gasteiger partial charge in [-0.05, 0) is 42.7 Å². The van der Waals surface area contributed by atoms with E-state index in [1.807, 2.05) is 0 Å². The van der Waals surface area contributed by atoms with Gasteiger partial charge in [-0.2, -0.15) is 0 Å².